The molecule has 0 bridgehead atoms. The predicted octanol–water partition coefficient (Wildman–Crippen LogP) is 0.647. The molecule has 0 radical (unpaired) electrons. The van der Waals surface area contributed by atoms with Gasteiger partial charge in [-0.25, -0.2) is 8.42 Å². The van der Waals surface area contributed by atoms with Crippen LogP contribution in [-0.2, 0) is 9.84 Å². The second-order valence-electron chi connectivity index (χ2n) is 4.53. The van der Waals surface area contributed by atoms with Crippen molar-refractivity contribution in [2.24, 2.45) is 0 Å². The van der Waals surface area contributed by atoms with E-state index in [0.29, 0.717) is 11.6 Å². The zero-order chi connectivity index (χ0) is 14.2. The third-order valence-electron chi connectivity index (χ3n) is 3.00. The molecule has 1 fully saturated rings. The fourth-order valence-corrected chi connectivity index (χ4v) is 5.46. The molecule has 0 aliphatic carbocycles. The molecule has 1 aromatic heterocycles. The highest BCUT2D eigenvalue weighted by atomic mass is 32.2. The average Bonchev–Trinajstić information content (AvgIpc) is 2.98. The average molecular weight is 312 g/mol. The second kappa shape index (κ2) is 5.06. The van der Waals surface area contributed by atoms with Crippen molar-refractivity contribution in [3.63, 3.8) is 0 Å². The second-order valence-corrected chi connectivity index (χ2v) is 8.03. The SMILES string of the molecule is O=S1(=O)CCC(Sc2nnnn2-c2ccc(O)cc2)C1. The van der Waals surface area contributed by atoms with E-state index < -0.39 is 9.84 Å². The molecular formula is C11H12N4O3S2. The Morgan fingerprint density at radius 2 is 2.05 bits per heavy atom. The van der Waals surface area contributed by atoms with E-state index in [2.05, 4.69) is 15.5 Å². The van der Waals surface area contributed by atoms with Gasteiger partial charge in [-0.1, -0.05) is 11.8 Å². The van der Waals surface area contributed by atoms with Gasteiger partial charge in [-0.2, -0.15) is 4.68 Å². The summed E-state index contributed by atoms with van der Waals surface area (Å²) in [7, 11) is -2.91. The van der Waals surface area contributed by atoms with Crippen molar-refractivity contribution in [1.82, 2.24) is 20.2 Å². The molecule has 1 aromatic carbocycles. The van der Waals surface area contributed by atoms with Gasteiger partial charge in [0.2, 0.25) is 5.16 Å². The molecular weight excluding hydrogens is 300 g/mol. The summed E-state index contributed by atoms with van der Waals surface area (Å²) < 4.78 is 24.5. The number of phenols is 1. The van der Waals surface area contributed by atoms with Crippen molar-refractivity contribution in [2.45, 2.75) is 16.8 Å². The summed E-state index contributed by atoms with van der Waals surface area (Å²) >= 11 is 1.37. The van der Waals surface area contributed by atoms with Crippen LogP contribution in [0.25, 0.3) is 5.69 Å². The van der Waals surface area contributed by atoms with E-state index in [1.807, 2.05) is 0 Å². The lowest BCUT2D eigenvalue weighted by Crippen LogP contribution is -2.08. The van der Waals surface area contributed by atoms with E-state index in [1.165, 1.54) is 16.4 Å². The number of tetrazole rings is 1. The minimum Gasteiger partial charge on any atom is -0.508 e. The van der Waals surface area contributed by atoms with Crippen LogP contribution in [0.2, 0.25) is 0 Å². The largest absolute Gasteiger partial charge is 0.508 e. The number of thioether (sulfide) groups is 1. The Morgan fingerprint density at radius 3 is 2.70 bits per heavy atom. The first-order valence-corrected chi connectivity index (χ1v) is 8.68. The van der Waals surface area contributed by atoms with E-state index in [4.69, 9.17) is 0 Å². The van der Waals surface area contributed by atoms with Crippen LogP contribution in [0.15, 0.2) is 29.4 Å². The van der Waals surface area contributed by atoms with E-state index >= 15 is 0 Å². The van der Waals surface area contributed by atoms with E-state index in [9.17, 15) is 13.5 Å². The molecule has 0 amide bonds. The summed E-state index contributed by atoms with van der Waals surface area (Å²) in [4.78, 5) is 0. The number of phenolic OH excluding ortho intramolecular Hbond substituents is 1. The Labute approximate surface area is 119 Å². The van der Waals surface area contributed by atoms with Gasteiger partial charge in [-0.3, -0.25) is 0 Å². The lowest BCUT2D eigenvalue weighted by atomic mass is 10.3. The Bertz CT molecular complexity index is 712. The molecule has 20 heavy (non-hydrogen) atoms. The van der Waals surface area contributed by atoms with E-state index in [1.54, 1.807) is 24.3 Å². The predicted molar refractivity (Wildman–Crippen MR) is 73.7 cm³/mol. The molecule has 1 N–H and O–H groups in total. The summed E-state index contributed by atoms with van der Waals surface area (Å²) in [6.45, 7) is 0. The molecule has 9 heteroatoms. The smallest absolute Gasteiger partial charge is 0.214 e. The van der Waals surface area contributed by atoms with Gasteiger partial charge in [-0.05, 0) is 41.1 Å². The minimum absolute atomic E-state index is 0.0122. The third kappa shape index (κ3) is 2.78. The van der Waals surface area contributed by atoms with E-state index in [-0.39, 0.29) is 22.5 Å². The van der Waals surface area contributed by atoms with Crippen molar-refractivity contribution in [2.75, 3.05) is 11.5 Å². The molecule has 2 heterocycles. The third-order valence-corrected chi connectivity index (χ3v) is 6.18. The monoisotopic (exact) mass is 312 g/mol. The van der Waals surface area contributed by atoms with Crippen LogP contribution in [0.1, 0.15) is 6.42 Å². The molecule has 1 atom stereocenters. The van der Waals surface area contributed by atoms with Gasteiger partial charge in [0.25, 0.3) is 0 Å². The summed E-state index contributed by atoms with van der Waals surface area (Å²) in [5.74, 6) is 0.559. The molecule has 0 saturated carbocycles. The number of hydrogen-bond donors (Lipinski definition) is 1. The highest BCUT2D eigenvalue weighted by Crippen LogP contribution is 2.30. The molecule has 0 spiro atoms. The van der Waals surface area contributed by atoms with Gasteiger partial charge in [-0.15, -0.1) is 5.10 Å². The Hall–Kier alpha value is -1.61. The number of hydrogen-bond acceptors (Lipinski definition) is 7. The molecule has 1 saturated heterocycles. The van der Waals surface area contributed by atoms with Crippen molar-refractivity contribution in [1.29, 1.82) is 0 Å². The molecule has 2 aromatic rings. The van der Waals surface area contributed by atoms with Crippen LogP contribution in [0.5, 0.6) is 5.75 Å². The van der Waals surface area contributed by atoms with Crippen LogP contribution < -0.4 is 0 Å². The number of benzene rings is 1. The Balaban J connectivity index is 1.82. The lowest BCUT2D eigenvalue weighted by molar-refractivity contribution is 0.475. The quantitative estimate of drug-likeness (QED) is 0.888. The molecule has 1 aliphatic rings. The van der Waals surface area contributed by atoms with Crippen LogP contribution in [0.4, 0.5) is 0 Å². The maximum absolute atomic E-state index is 11.5. The summed E-state index contributed by atoms with van der Waals surface area (Å²) in [5.41, 5.74) is 0.719. The number of sulfone groups is 1. The normalized spacial score (nSPS) is 21.1. The minimum atomic E-state index is -2.91. The number of aromatic nitrogens is 4. The van der Waals surface area contributed by atoms with Gasteiger partial charge in [0.05, 0.1) is 17.2 Å². The first-order chi connectivity index (χ1) is 9.53. The standard InChI is InChI=1S/C11H12N4O3S2/c16-9-3-1-8(2-4-9)15-11(12-13-14-15)19-10-5-6-20(17,18)7-10/h1-4,10,16H,5-7H2. The van der Waals surface area contributed by atoms with Crippen LogP contribution >= 0.6 is 11.8 Å². The number of aromatic hydroxyl groups is 1. The van der Waals surface area contributed by atoms with Crippen LogP contribution in [-0.4, -0.2) is 50.5 Å². The highest BCUT2D eigenvalue weighted by molar-refractivity contribution is 8.01. The molecule has 7 nitrogen and oxygen atoms in total. The number of nitrogens with zero attached hydrogens (tertiary/aromatic N) is 4. The molecule has 1 aliphatic heterocycles. The summed E-state index contributed by atoms with van der Waals surface area (Å²) in [6.07, 6.45) is 0.620. The van der Waals surface area contributed by atoms with Gasteiger partial charge in [0.1, 0.15) is 5.75 Å². The Kier molecular flexibility index (Phi) is 3.38. The van der Waals surface area contributed by atoms with Gasteiger partial charge in [0.15, 0.2) is 9.84 Å². The number of rotatable bonds is 3. The topological polar surface area (TPSA) is 98.0 Å². The van der Waals surface area contributed by atoms with Crippen molar-refractivity contribution in [3.8, 4) is 11.4 Å². The van der Waals surface area contributed by atoms with Crippen molar-refractivity contribution < 1.29 is 13.5 Å². The fraction of sp³-hybridized carbons (Fsp3) is 0.364. The summed E-state index contributed by atoms with van der Waals surface area (Å²) in [6, 6.07) is 6.49. The lowest BCUT2D eigenvalue weighted by Gasteiger charge is -2.07. The first kappa shape index (κ1) is 13.4. The van der Waals surface area contributed by atoms with Crippen molar-refractivity contribution in [3.05, 3.63) is 24.3 Å². The summed E-state index contributed by atoms with van der Waals surface area (Å²) in [5, 5.41) is 21.3. The molecule has 106 valence electrons. The van der Waals surface area contributed by atoms with Crippen molar-refractivity contribution >= 4 is 21.6 Å². The first-order valence-electron chi connectivity index (χ1n) is 5.98. The van der Waals surface area contributed by atoms with Gasteiger partial charge >= 0.3 is 0 Å². The molecule has 1 unspecified atom stereocenters. The van der Waals surface area contributed by atoms with Crippen LogP contribution in [0.3, 0.4) is 0 Å². The maximum Gasteiger partial charge on any atom is 0.214 e. The van der Waals surface area contributed by atoms with E-state index in [0.717, 1.165) is 5.69 Å². The molecule has 3 rings (SSSR count). The Morgan fingerprint density at radius 1 is 1.30 bits per heavy atom. The van der Waals surface area contributed by atoms with Gasteiger partial charge in [0, 0.05) is 5.25 Å². The zero-order valence-corrected chi connectivity index (χ0v) is 12.0. The fourth-order valence-electron chi connectivity index (χ4n) is 2.01. The maximum atomic E-state index is 11.5. The van der Waals surface area contributed by atoms with Crippen LogP contribution in [0, 0.1) is 0 Å². The van der Waals surface area contributed by atoms with Gasteiger partial charge < -0.3 is 5.11 Å². The zero-order valence-electron chi connectivity index (χ0n) is 10.4. The highest BCUT2D eigenvalue weighted by Gasteiger charge is 2.30.